The highest BCUT2D eigenvalue weighted by Gasteiger charge is 2.67. The molecule has 0 aromatic carbocycles. The van der Waals surface area contributed by atoms with Crippen molar-refractivity contribution in [3.63, 3.8) is 0 Å². The summed E-state index contributed by atoms with van der Waals surface area (Å²) in [5.74, 6) is -0.255. The molecular formula is C22H38N2O5. The summed E-state index contributed by atoms with van der Waals surface area (Å²) in [4.78, 5) is 15.1. The third-order valence-corrected chi connectivity index (χ3v) is 8.53. The number of morpholine rings is 1. The Bertz CT molecular complexity index is 612. The van der Waals surface area contributed by atoms with Crippen molar-refractivity contribution in [1.82, 2.24) is 10.2 Å². The van der Waals surface area contributed by atoms with Gasteiger partial charge in [-0.2, -0.15) is 0 Å². The Morgan fingerprint density at radius 2 is 2.00 bits per heavy atom. The molecule has 4 rings (SSSR count). The van der Waals surface area contributed by atoms with E-state index >= 15 is 0 Å². The predicted molar refractivity (Wildman–Crippen MR) is 109 cm³/mol. The zero-order valence-corrected chi connectivity index (χ0v) is 18.2. The zero-order valence-electron chi connectivity index (χ0n) is 18.2. The molecule has 4 fully saturated rings. The first-order valence-electron chi connectivity index (χ1n) is 11.3. The van der Waals surface area contributed by atoms with Gasteiger partial charge in [0.2, 0.25) is 0 Å². The summed E-state index contributed by atoms with van der Waals surface area (Å²) in [6.45, 7) is 10.2. The number of ether oxygens (including phenoxy) is 3. The second-order valence-electron chi connectivity index (χ2n) is 10.0. The predicted octanol–water partition coefficient (Wildman–Crippen LogP) is 1.19. The van der Waals surface area contributed by atoms with E-state index in [-0.39, 0.29) is 29.3 Å². The number of methoxy groups -OCH3 is 1. The van der Waals surface area contributed by atoms with Crippen LogP contribution in [0.5, 0.6) is 0 Å². The number of esters is 1. The molecule has 0 bridgehead atoms. The van der Waals surface area contributed by atoms with E-state index in [9.17, 15) is 9.90 Å². The summed E-state index contributed by atoms with van der Waals surface area (Å²) in [5, 5.41) is 15.4. The van der Waals surface area contributed by atoms with Crippen molar-refractivity contribution in [2.75, 3.05) is 53.0 Å². The Morgan fingerprint density at radius 1 is 1.24 bits per heavy atom. The molecule has 0 amide bonds. The van der Waals surface area contributed by atoms with E-state index in [1.54, 1.807) is 7.11 Å². The van der Waals surface area contributed by atoms with Crippen molar-refractivity contribution in [3.8, 4) is 0 Å². The van der Waals surface area contributed by atoms with Crippen LogP contribution < -0.4 is 5.32 Å². The number of fused-ring (bicyclic) bond motifs is 2. The Labute approximate surface area is 174 Å². The van der Waals surface area contributed by atoms with E-state index in [2.05, 4.69) is 17.1 Å². The van der Waals surface area contributed by atoms with Gasteiger partial charge in [0.05, 0.1) is 30.3 Å². The van der Waals surface area contributed by atoms with E-state index in [1.807, 2.05) is 6.92 Å². The lowest BCUT2D eigenvalue weighted by Crippen LogP contribution is -2.69. The Hall–Kier alpha value is -0.730. The molecule has 29 heavy (non-hydrogen) atoms. The van der Waals surface area contributed by atoms with E-state index < -0.39 is 11.2 Å². The summed E-state index contributed by atoms with van der Waals surface area (Å²) in [6.07, 6.45) is 4.04. The smallest absolute Gasteiger partial charge is 0.310 e. The van der Waals surface area contributed by atoms with Gasteiger partial charge in [0.25, 0.3) is 0 Å². The largest absolute Gasteiger partial charge is 0.462 e. The Morgan fingerprint density at radius 3 is 2.72 bits per heavy atom. The minimum Gasteiger partial charge on any atom is -0.462 e. The molecule has 2 N–H and O–H groups in total. The van der Waals surface area contributed by atoms with Crippen molar-refractivity contribution in [2.45, 2.75) is 63.3 Å². The van der Waals surface area contributed by atoms with Gasteiger partial charge >= 0.3 is 5.97 Å². The van der Waals surface area contributed by atoms with Gasteiger partial charge in [0.1, 0.15) is 6.10 Å². The van der Waals surface area contributed by atoms with Crippen LogP contribution in [0.15, 0.2) is 0 Å². The number of nitrogens with zero attached hydrogens (tertiary/aromatic N) is 1. The molecule has 0 radical (unpaired) electrons. The van der Waals surface area contributed by atoms with Gasteiger partial charge < -0.3 is 24.6 Å². The topological polar surface area (TPSA) is 80.3 Å². The van der Waals surface area contributed by atoms with Crippen LogP contribution in [0.4, 0.5) is 0 Å². The summed E-state index contributed by atoms with van der Waals surface area (Å²) in [6, 6.07) is 0. The number of hydrogen-bond donors (Lipinski definition) is 2. The average molecular weight is 411 g/mol. The van der Waals surface area contributed by atoms with E-state index in [1.165, 1.54) is 0 Å². The lowest BCUT2D eigenvalue weighted by atomic mass is 9.49. The highest BCUT2D eigenvalue weighted by molar-refractivity contribution is 5.75. The molecule has 0 unspecified atom stereocenters. The van der Waals surface area contributed by atoms with Crippen molar-refractivity contribution in [3.05, 3.63) is 0 Å². The highest BCUT2D eigenvalue weighted by atomic mass is 16.6. The zero-order chi connectivity index (χ0) is 20.7. The average Bonchev–Trinajstić information content (AvgIpc) is 2.99. The first kappa shape index (κ1) is 21.5. The molecular weight excluding hydrogens is 372 g/mol. The van der Waals surface area contributed by atoms with Crippen LogP contribution in [0, 0.1) is 17.3 Å². The number of carbonyl (C=O) groups excluding carboxylic acids is 1. The maximum Gasteiger partial charge on any atom is 0.310 e. The van der Waals surface area contributed by atoms with Gasteiger partial charge in [0, 0.05) is 51.2 Å². The van der Waals surface area contributed by atoms with Crippen LogP contribution in [0.25, 0.3) is 0 Å². The van der Waals surface area contributed by atoms with Crippen LogP contribution in [0.1, 0.15) is 46.0 Å². The molecule has 2 aliphatic carbocycles. The van der Waals surface area contributed by atoms with Crippen molar-refractivity contribution < 1.29 is 24.1 Å². The van der Waals surface area contributed by atoms with Crippen molar-refractivity contribution in [1.29, 1.82) is 0 Å². The molecule has 2 saturated heterocycles. The minimum absolute atomic E-state index is 0.0454. The third-order valence-electron chi connectivity index (χ3n) is 8.53. The number of carbonyl (C=O) groups is 1. The van der Waals surface area contributed by atoms with Gasteiger partial charge in [0.15, 0.2) is 0 Å². The van der Waals surface area contributed by atoms with E-state index in [4.69, 9.17) is 14.2 Å². The number of hydrogen-bond acceptors (Lipinski definition) is 7. The Kier molecular flexibility index (Phi) is 5.99. The molecule has 166 valence electrons. The highest BCUT2D eigenvalue weighted by Crippen LogP contribution is 2.61. The normalized spacial score (nSPS) is 45.5. The second kappa shape index (κ2) is 8.08. The van der Waals surface area contributed by atoms with Crippen LogP contribution in [0.2, 0.25) is 0 Å². The molecule has 0 aromatic rings. The monoisotopic (exact) mass is 410 g/mol. The summed E-state index contributed by atoms with van der Waals surface area (Å²) >= 11 is 0. The summed E-state index contributed by atoms with van der Waals surface area (Å²) < 4.78 is 17.1. The molecule has 0 spiro atoms. The van der Waals surface area contributed by atoms with Crippen LogP contribution in [0.3, 0.4) is 0 Å². The first-order chi connectivity index (χ1) is 13.8. The van der Waals surface area contributed by atoms with Crippen molar-refractivity contribution >= 4 is 5.97 Å². The fraction of sp³-hybridized carbons (Fsp3) is 0.955. The lowest BCUT2D eigenvalue weighted by Gasteiger charge is -2.62. The van der Waals surface area contributed by atoms with Crippen LogP contribution in [-0.4, -0.2) is 86.3 Å². The molecule has 0 aromatic heterocycles. The van der Waals surface area contributed by atoms with Gasteiger partial charge in [-0.15, -0.1) is 0 Å². The SMILES string of the molecule is CO[C@]1(C)CCC[C@]2(C)C[C@H]3OC(=O)[C@@H](CNCCN4CCOCC4)[C@H]3C[C@@]21O. The molecule has 2 saturated carbocycles. The molecule has 4 aliphatic rings. The first-order valence-corrected chi connectivity index (χ1v) is 11.3. The third kappa shape index (κ3) is 3.63. The molecule has 2 aliphatic heterocycles. The second-order valence-corrected chi connectivity index (χ2v) is 10.0. The maximum atomic E-state index is 12.7. The fourth-order valence-electron chi connectivity index (χ4n) is 6.44. The van der Waals surface area contributed by atoms with Crippen LogP contribution >= 0.6 is 0 Å². The number of nitrogens with one attached hydrogen (secondary N) is 1. The molecule has 7 heteroatoms. The van der Waals surface area contributed by atoms with E-state index in [0.29, 0.717) is 13.0 Å². The standard InChI is InChI=1S/C22H38N2O5/c1-20-5-4-6-21(2,27-3)22(20,26)13-16-17(19(25)29-18(16)14-20)15-23-7-8-24-9-11-28-12-10-24/h16-18,23,26H,4-15H2,1-3H3/t16-,17+,18-,20-,21-,22-/m1/s1. The summed E-state index contributed by atoms with van der Waals surface area (Å²) in [7, 11) is 1.71. The molecule has 6 atom stereocenters. The summed E-state index contributed by atoms with van der Waals surface area (Å²) in [5.41, 5.74) is -1.80. The molecule has 7 nitrogen and oxygen atoms in total. The quantitative estimate of drug-likeness (QED) is 0.503. The van der Waals surface area contributed by atoms with Crippen LogP contribution in [-0.2, 0) is 19.0 Å². The minimum atomic E-state index is -0.936. The number of aliphatic hydroxyl groups is 1. The van der Waals surface area contributed by atoms with Gasteiger partial charge in [-0.1, -0.05) is 6.92 Å². The van der Waals surface area contributed by atoms with E-state index in [0.717, 1.165) is 65.1 Å². The fourth-order valence-corrected chi connectivity index (χ4v) is 6.44. The van der Waals surface area contributed by atoms with Gasteiger partial charge in [-0.05, 0) is 39.0 Å². The number of rotatable bonds is 6. The molecule has 2 heterocycles. The Balaban J connectivity index is 1.40. The van der Waals surface area contributed by atoms with Gasteiger partial charge in [-0.3, -0.25) is 9.69 Å². The maximum absolute atomic E-state index is 12.7. The van der Waals surface area contributed by atoms with Gasteiger partial charge in [-0.25, -0.2) is 0 Å². The lowest BCUT2D eigenvalue weighted by molar-refractivity contribution is -0.270. The van der Waals surface area contributed by atoms with Crippen molar-refractivity contribution in [2.24, 2.45) is 17.3 Å².